The van der Waals surface area contributed by atoms with Crippen LogP contribution in [0.5, 0.6) is 0 Å². The molecule has 0 radical (unpaired) electrons. The van der Waals surface area contributed by atoms with Gasteiger partial charge in [-0.15, -0.1) is 0 Å². The van der Waals surface area contributed by atoms with Gasteiger partial charge in [0.1, 0.15) is 17.6 Å². The number of hydrogen-bond donors (Lipinski definition) is 1. The van der Waals surface area contributed by atoms with Crippen molar-refractivity contribution < 1.29 is 12.8 Å². The topological polar surface area (TPSA) is 88.9 Å². The highest BCUT2D eigenvalue weighted by Crippen LogP contribution is 2.25. The molecule has 23 heavy (non-hydrogen) atoms. The summed E-state index contributed by atoms with van der Waals surface area (Å²) in [7, 11) is -1.72. The third-order valence-corrected chi connectivity index (χ3v) is 4.55. The number of nitriles is 1. The van der Waals surface area contributed by atoms with E-state index >= 15 is 0 Å². The van der Waals surface area contributed by atoms with Crippen LogP contribution in [-0.2, 0) is 23.5 Å². The average molecular weight is 335 g/mol. The van der Waals surface area contributed by atoms with Crippen LogP contribution in [0.3, 0.4) is 0 Å². The molecule has 5 nitrogen and oxygen atoms in total. The first kappa shape index (κ1) is 17.2. The van der Waals surface area contributed by atoms with Gasteiger partial charge in [0.2, 0.25) is 10.0 Å². The van der Waals surface area contributed by atoms with Crippen LogP contribution in [0.25, 0.3) is 11.3 Å². The Hall–Kier alpha value is -2.17. The maximum atomic E-state index is 14.3. The van der Waals surface area contributed by atoms with E-state index in [0.717, 1.165) is 5.56 Å². The van der Waals surface area contributed by atoms with Gasteiger partial charge < -0.3 is 4.57 Å². The summed E-state index contributed by atoms with van der Waals surface area (Å²) in [6.07, 6.45) is 1.66. The summed E-state index contributed by atoms with van der Waals surface area (Å²) in [6.45, 7) is 0. The second-order valence-corrected chi connectivity index (χ2v) is 7.15. The lowest BCUT2D eigenvalue weighted by atomic mass is 10.0. The second kappa shape index (κ2) is 6.94. The standard InChI is InChI=1S/C16H18FN3O2S/c1-20-13(11-18)6-8-16(20)14-7-5-12(10-15(14)17)4-2-3-9-23(19,21)22/h5-8,10H,2-4,9H2,1H3,(H2,19,21,22). The molecule has 0 aliphatic heterocycles. The molecular formula is C16H18FN3O2S. The number of benzene rings is 1. The van der Waals surface area contributed by atoms with Crippen molar-refractivity contribution in [3.63, 3.8) is 0 Å². The lowest BCUT2D eigenvalue weighted by Gasteiger charge is -2.08. The van der Waals surface area contributed by atoms with Crippen LogP contribution in [-0.4, -0.2) is 18.7 Å². The van der Waals surface area contributed by atoms with Crippen LogP contribution in [0.1, 0.15) is 24.1 Å². The Balaban J connectivity index is 2.09. The van der Waals surface area contributed by atoms with E-state index in [9.17, 15) is 12.8 Å². The molecular weight excluding hydrogens is 317 g/mol. The Kier molecular flexibility index (Phi) is 5.19. The van der Waals surface area contributed by atoms with Crippen molar-refractivity contribution in [2.24, 2.45) is 12.2 Å². The molecule has 2 aromatic rings. The number of rotatable bonds is 6. The fourth-order valence-corrected chi connectivity index (χ4v) is 3.05. The quantitative estimate of drug-likeness (QED) is 0.822. The first-order chi connectivity index (χ1) is 10.8. The molecule has 1 aromatic heterocycles. The van der Waals surface area contributed by atoms with Crippen LogP contribution in [0.4, 0.5) is 4.39 Å². The number of sulfonamides is 1. The number of nitrogens with zero attached hydrogens (tertiary/aromatic N) is 2. The van der Waals surface area contributed by atoms with E-state index in [2.05, 4.69) is 0 Å². The first-order valence-electron chi connectivity index (χ1n) is 7.17. The van der Waals surface area contributed by atoms with E-state index in [1.54, 1.807) is 29.8 Å². The zero-order valence-corrected chi connectivity index (χ0v) is 13.6. The Labute approximate surface area is 135 Å². The van der Waals surface area contributed by atoms with Crippen molar-refractivity contribution in [2.75, 3.05) is 5.75 Å². The van der Waals surface area contributed by atoms with Gasteiger partial charge in [-0.1, -0.05) is 6.07 Å². The highest BCUT2D eigenvalue weighted by Gasteiger charge is 2.11. The summed E-state index contributed by atoms with van der Waals surface area (Å²) >= 11 is 0. The van der Waals surface area contributed by atoms with Crippen LogP contribution in [0.2, 0.25) is 0 Å². The summed E-state index contributed by atoms with van der Waals surface area (Å²) in [6, 6.07) is 10.3. The van der Waals surface area contributed by atoms with Crippen LogP contribution < -0.4 is 5.14 Å². The normalized spacial score (nSPS) is 11.4. The third-order valence-electron chi connectivity index (χ3n) is 3.69. The van der Waals surface area contributed by atoms with Crippen LogP contribution in [0.15, 0.2) is 30.3 Å². The monoisotopic (exact) mass is 335 g/mol. The lowest BCUT2D eigenvalue weighted by Crippen LogP contribution is -2.16. The molecule has 0 saturated carbocycles. The van der Waals surface area contributed by atoms with E-state index in [-0.39, 0.29) is 11.6 Å². The van der Waals surface area contributed by atoms with Crippen molar-refractivity contribution in [1.82, 2.24) is 4.57 Å². The molecule has 2 rings (SSSR count). The zero-order chi connectivity index (χ0) is 17.0. The molecule has 0 bridgehead atoms. The van der Waals surface area contributed by atoms with Gasteiger partial charge in [0.25, 0.3) is 0 Å². The number of hydrogen-bond acceptors (Lipinski definition) is 3. The van der Waals surface area contributed by atoms with Gasteiger partial charge in [0.15, 0.2) is 0 Å². The first-order valence-corrected chi connectivity index (χ1v) is 8.88. The molecule has 2 N–H and O–H groups in total. The number of unbranched alkanes of at least 4 members (excludes halogenated alkanes) is 1. The highest BCUT2D eigenvalue weighted by molar-refractivity contribution is 7.89. The van der Waals surface area contributed by atoms with E-state index in [1.165, 1.54) is 6.07 Å². The summed E-state index contributed by atoms with van der Waals surface area (Å²) in [5, 5.41) is 13.9. The predicted octanol–water partition coefficient (Wildman–Crippen LogP) is 2.31. The van der Waals surface area contributed by atoms with E-state index < -0.39 is 10.0 Å². The number of halogens is 1. The van der Waals surface area contributed by atoms with Crippen LogP contribution in [0, 0.1) is 17.1 Å². The SMILES string of the molecule is Cn1c(C#N)ccc1-c1ccc(CCCCS(N)(=O)=O)cc1F. The molecule has 0 unspecified atom stereocenters. The average Bonchev–Trinajstić information content (AvgIpc) is 2.84. The molecule has 1 aromatic carbocycles. The minimum Gasteiger partial charge on any atom is -0.335 e. The predicted molar refractivity (Wildman–Crippen MR) is 86.4 cm³/mol. The number of primary sulfonamides is 1. The number of aryl methyl sites for hydroxylation is 1. The second-order valence-electron chi connectivity index (χ2n) is 5.41. The molecule has 0 saturated heterocycles. The van der Waals surface area contributed by atoms with E-state index in [1.807, 2.05) is 12.1 Å². The minimum atomic E-state index is -3.44. The molecule has 0 spiro atoms. The molecule has 1 heterocycles. The Morgan fingerprint density at radius 2 is 2.00 bits per heavy atom. The number of aromatic nitrogens is 1. The Morgan fingerprint density at radius 1 is 1.26 bits per heavy atom. The fraction of sp³-hybridized carbons (Fsp3) is 0.312. The Morgan fingerprint density at radius 3 is 2.57 bits per heavy atom. The number of nitrogens with two attached hydrogens (primary N) is 1. The lowest BCUT2D eigenvalue weighted by molar-refractivity contribution is 0.592. The summed E-state index contributed by atoms with van der Waals surface area (Å²) in [5.41, 5.74) is 2.34. The van der Waals surface area contributed by atoms with E-state index in [0.29, 0.717) is 36.2 Å². The summed E-state index contributed by atoms with van der Waals surface area (Å²) in [5.74, 6) is -0.423. The summed E-state index contributed by atoms with van der Waals surface area (Å²) in [4.78, 5) is 0. The van der Waals surface area contributed by atoms with Crippen molar-refractivity contribution in [1.29, 1.82) is 5.26 Å². The fourth-order valence-electron chi connectivity index (χ4n) is 2.45. The van der Waals surface area contributed by atoms with Crippen molar-refractivity contribution in [3.05, 3.63) is 47.4 Å². The smallest absolute Gasteiger partial charge is 0.209 e. The minimum absolute atomic E-state index is 0.0617. The van der Waals surface area contributed by atoms with Gasteiger partial charge in [-0.05, 0) is 49.1 Å². The van der Waals surface area contributed by atoms with Crippen molar-refractivity contribution >= 4 is 10.0 Å². The molecule has 122 valence electrons. The molecule has 0 aliphatic rings. The Bertz CT molecular complexity index is 851. The largest absolute Gasteiger partial charge is 0.335 e. The maximum absolute atomic E-state index is 14.3. The van der Waals surface area contributed by atoms with Gasteiger partial charge in [-0.3, -0.25) is 0 Å². The molecule has 0 amide bonds. The van der Waals surface area contributed by atoms with Crippen molar-refractivity contribution in [3.8, 4) is 17.3 Å². The van der Waals surface area contributed by atoms with Gasteiger partial charge in [-0.25, -0.2) is 17.9 Å². The van der Waals surface area contributed by atoms with E-state index in [4.69, 9.17) is 10.4 Å². The van der Waals surface area contributed by atoms with Crippen molar-refractivity contribution in [2.45, 2.75) is 19.3 Å². The molecule has 7 heteroatoms. The van der Waals surface area contributed by atoms with Gasteiger partial charge >= 0.3 is 0 Å². The third kappa shape index (κ3) is 4.41. The molecule has 0 aliphatic carbocycles. The van der Waals surface area contributed by atoms with Gasteiger partial charge in [-0.2, -0.15) is 5.26 Å². The molecule has 0 fully saturated rings. The van der Waals surface area contributed by atoms with Crippen LogP contribution >= 0.6 is 0 Å². The van der Waals surface area contributed by atoms with Gasteiger partial charge in [0, 0.05) is 12.6 Å². The summed E-state index contributed by atoms with van der Waals surface area (Å²) < 4.78 is 37.7. The van der Waals surface area contributed by atoms with Gasteiger partial charge in [0.05, 0.1) is 11.4 Å². The zero-order valence-electron chi connectivity index (χ0n) is 12.8. The maximum Gasteiger partial charge on any atom is 0.209 e. The highest BCUT2D eigenvalue weighted by atomic mass is 32.2. The molecule has 0 atom stereocenters.